The molecule has 2 atom stereocenters. The maximum Gasteiger partial charge on any atom is 0.234 e. The largest absolute Gasteiger partial charge is 0.391 e. The number of imide groups is 1. The van der Waals surface area contributed by atoms with Gasteiger partial charge in [0, 0.05) is 0 Å². The molecular formula is C16H24N2O2S. The van der Waals surface area contributed by atoms with Crippen molar-refractivity contribution in [2.75, 3.05) is 0 Å². The minimum absolute atomic E-state index is 0.0385. The Morgan fingerprint density at radius 3 is 1.90 bits per heavy atom. The van der Waals surface area contributed by atoms with Crippen molar-refractivity contribution in [2.24, 2.45) is 23.0 Å². The molecule has 2 aliphatic carbocycles. The van der Waals surface area contributed by atoms with Crippen LogP contribution in [0.5, 0.6) is 0 Å². The molecule has 21 heavy (non-hydrogen) atoms. The fraction of sp³-hybridized carbons (Fsp3) is 0.812. The summed E-state index contributed by atoms with van der Waals surface area (Å²) in [5.74, 6) is -0.380. The zero-order valence-electron chi connectivity index (χ0n) is 12.9. The molecule has 3 fully saturated rings. The van der Waals surface area contributed by atoms with Crippen LogP contribution in [0.4, 0.5) is 0 Å². The molecule has 0 aromatic carbocycles. The molecule has 0 radical (unpaired) electrons. The van der Waals surface area contributed by atoms with Gasteiger partial charge in [-0.15, -0.1) is 0 Å². The summed E-state index contributed by atoms with van der Waals surface area (Å²) in [5.41, 5.74) is 5.16. The van der Waals surface area contributed by atoms with Crippen molar-refractivity contribution in [1.82, 2.24) is 4.90 Å². The highest BCUT2D eigenvalue weighted by Gasteiger charge is 2.74. The molecule has 2 N–H and O–H groups in total. The average Bonchev–Trinajstić information content (AvgIpc) is 2.81. The minimum Gasteiger partial charge on any atom is -0.391 e. The molecule has 0 aromatic rings. The second-order valence-electron chi connectivity index (χ2n) is 7.45. The van der Waals surface area contributed by atoms with Crippen molar-refractivity contribution in [3.63, 3.8) is 0 Å². The number of carbonyl (C=O) groups excluding carboxylic acids is 2. The lowest BCUT2D eigenvalue weighted by Crippen LogP contribution is -2.60. The van der Waals surface area contributed by atoms with Gasteiger partial charge in [0.15, 0.2) is 0 Å². The van der Waals surface area contributed by atoms with Crippen LogP contribution in [0.15, 0.2) is 0 Å². The number of hydrogen-bond acceptors (Lipinski definition) is 3. The lowest BCUT2D eigenvalue weighted by Gasteiger charge is -2.42. The summed E-state index contributed by atoms with van der Waals surface area (Å²) < 4.78 is 0. The second kappa shape index (κ2) is 4.77. The number of piperidine rings is 1. The highest BCUT2D eigenvalue weighted by atomic mass is 32.1. The van der Waals surface area contributed by atoms with Gasteiger partial charge < -0.3 is 5.73 Å². The zero-order valence-corrected chi connectivity index (χ0v) is 13.7. The fourth-order valence-corrected chi connectivity index (χ4v) is 4.73. The summed E-state index contributed by atoms with van der Waals surface area (Å²) in [4.78, 5) is 27.3. The molecule has 4 nitrogen and oxygen atoms in total. The van der Waals surface area contributed by atoms with Gasteiger partial charge in [0.1, 0.15) is 5.54 Å². The smallest absolute Gasteiger partial charge is 0.234 e. The van der Waals surface area contributed by atoms with Crippen molar-refractivity contribution in [3.05, 3.63) is 0 Å². The van der Waals surface area contributed by atoms with Crippen molar-refractivity contribution in [3.8, 4) is 0 Å². The number of hydrogen-bond donors (Lipinski definition) is 1. The Kier molecular flexibility index (Phi) is 3.39. The normalized spacial score (nSPS) is 34.1. The van der Waals surface area contributed by atoms with E-state index in [4.69, 9.17) is 18.0 Å². The first-order valence-corrected chi connectivity index (χ1v) is 8.43. The van der Waals surface area contributed by atoms with Crippen molar-refractivity contribution >= 4 is 29.0 Å². The van der Waals surface area contributed by atoms with E-state index in [0.29, 0.717) is 4.99 Å². The average molecular weight is 308 g/mol. The second-order valence-corrected chi connectivity index (χ2v) is 7.89. The number of rotatable bonds is 2. The summed E-state index contributed by atoms with van der Waals surface area (Å²) in [6.07, 6.45) is 6.89. The van der Waals surface area contributed by atoms with E-state index in [1.165, 1.54) is 11.3 Å². The Labute approximate surface area is 131 Å². The standard InChI is InChI=1S/C16H24N2O2S/c1-15(2)10-11(15)13(20)18(12(10)19)16(14(17)21)8-6-4-3-5-7-9-16/h10-11H,3-9H2,1-2H3,(H2,17,21). The Morgan fingerprint density at radius 1 is 1.05 bits per heavy atom. The molecule has 3 aliphatic rings. The van der Waals surface area contributed by atoms with E-state index < -0.39 is 5.54 Å². The summed E-state index contributed by atoms with van der Waals surface area (Å²) >= 11 is 5.32. The highest BCUT2D eigenvalue weighted by molar-refractivity contribution is 7.80. The van der Waals surface area contributed by atoms with Gasteiger partial charge in [0.2, 0.25) is 11.8 Å². The number of likely N-dealkylation sites (tertiary alicyclic amines) is 1. The van der Waals surface area contributed by atoms with E-state index in [0.717, 1.165) is 38.5 Å². The lowest BCUT2D eigenvalue weighted by molar-refractivity contribution is -0.148. The molecule has 2 saturated carbocycles. The summed E-state index contributed by atoms with van der Waals surface area (Å²) in [6, 6.07) is 0. The number of fused-ring (bicyclic) bond motifs is 1. The third kappa shape index (κ3) is 1.96. The van der Waals surface area contributed by atoms with E-state index in [1.54, 1.807) is 0 Å². The Balaban J connectivity index is 1.93. The maximum atomic E-state index is 12.8. The molecule has 1 heterocycles. The van der Waals surface area contributed by atoms with Gasteiger partial charge in [-0.1, -0.05) is 58.2 Å². The van der Waals surface area contributed by atoms with Crippen LogP contribution in [-0.2, 0) is 9.59 Å². The molecule has 0 aromatic heterocycles. The van der Waals surface area contributed by atoms with Crippen LogP contribution in [0.25, 0.3) is 0 Å². The van der Waals surface area contributed by atoms with Gasteiger partial charge in [0.05, 0.1) is 16.8 Å². The molecule has 2 amide bonds. The lowest BCUT2D eigenvalue weighted by atomic mass is 9.81. The van der Waals surface area contributed by atoms with Gasteiger partial charge in [0.25, 0.3) is 0 Å². The molecule has 116 valence electrons. The van der Waals surface area contributed by atoms with E-state index in [2.05, 4.69) is 0 Å². The summed E-state index contributed by atoms with van der Waals surface area (Å²) in [7, 11) is 0. The van der Waals surface area contributed by atoms with Gasteiger partial charge in [-0.3, -0.25) is 14.5 Å². The first kappa shape index (κ1) is 14.9. The third-order valence-corrected chi connectivity index (χ3v) is 6.25. The fourth-order valence-electron chi connectivity index (χ4n) is 4.44. The first-order chi connectivity index (χ1) is 9.84. The van der Waals surface area contributed by atoms with Crippen LogP contribution in [0.3, 0.4) is 0 Å². The predicted molar refractivity (Wildman–Crippen MR) is 84.4 cm³/mol. The SMILES string of the molecule is CC1(C)C2C(=O)N(C3(C(N)=S)CCCCCCC3)C(=O)C21. The molecular weight excluding hydrogens is 284 g/mol. The van der Waals surface area contributed by atoms with Gasteiger partial charge in [-0.2, -0.15) is 0 Å². The maximum absolute atomic E-state index is 12.8. The van der Waals surface area contributed by atoms with Crippen LogP contribution in [0.1, 0.15) is 58.8 Å². The molecule has 2 unspecified atom stereocenters. The zero-order chi connectivity index (χ0) is 15.4. The minimum atomic E-state index is -0.701. The van der Waals surface area contributed by atoms with Crippen LogP contribution < -0.4 is 5.73 Å². The number of carbonyl (C=O) groups is 2. The molecule has 1 saturated heterocycles. The molecule has 0 bridgehead atoms. The summed E-state index contributed by atoms with van der Waals surface area (Å²) in [6.45, 7) is 4.00. The van der Waals surface area contributed by atoms with Gasteiger partial charge in [-0.25, -0.2) is 0 Å². The van der Waals surface area contributed by atoms with E-state index in [9.17, 15) is 9.59 Å². The molecule has 3 rings (SSSR count). The quantitative estimate of drug-likeness (QED) is 0.628. The van der Waals surface area contributed by atoms with E-state index in [-0.39, 0.29) is 29.1 Å². The van der Waals surface area contributed by atoms with E-state index >= 15 is 0 Å². The Bertz CT molecular complexity index is 482. The van der Waals surface area contributed by atoms with Gasteiger partial charge >= 0.3 is 0 Å². The number of thiocarbonyl (C=S) groups is 1. The monoisotopic (exact) mass is 308 g/mol. The highest BCUT2D eigenvalue weighted by Crippen LogP contribution is 2.64. The Hall–Kier alpha value is -0.970. The van der Waals surface area contributed by atoms with E-state index in [1.807, 2.05) is 13.8 Å². The first-order valence-electron chi connectivity index (χ1n) is 8.02. The van der Waals surface area contributed by atoms with Crippen molar-refractivity contribution in [1.29, 1.82) is 0 Å². The predicted octanol–water partition coefficient (Wildman–Crippen LogP) is 2.40. The number of nitrogens with zero attached hydrogens (tertiary/aromatic N) is 1. The van der Waals surface area contributed by atoms with Crippen LogP contribution >= 0.6 is 12.2 Å². The van der Waals surface area contributed by atoms with Crippen LogP contribution in [-0.4, -0.2) is 27.2 Å². The molecule has 1 aliphatic heterocycles. The van der Waals surface area contributed by atoms with Crippen molar-refractivity contribution < 1.29 is 9.59 Å². The topological polar surface area (TPSA) is 63.4 Å². The number of nitrogens with two attached hydrogens (primary N) is 1. The van der Waals surface area contributed by atoms with Crippen LogP contribution in [0.2, 0.25) is 0 Å². The molecule has 5 heteroatoms. The third-order valence-electron chi connectivity index (χ3n) is 5.87. The van der Waals surface area contributed by atoms with Crippen molar-refractivity contribution in [2.45, 2.75) is 64.3 Å². The Morgan fingerprint density at radius 2 is 1.48 bits per heavy atom. The van der Waals surface area contributed by atoms with Gasteiger partial charge in [-0.05, 0) is 18.3 Å². The number of amides is 2. The van der Waals surface area contributed by atoms with Crippen LogP contribution in [0, 0.1) is 17.3 Å². The molecule has 0 spiro atoms. The summed E-state index contributed by atoms with van der Waals surface area (Å²) in [5, 5.41) is 0.